The van der Waals surface area contributed by atoms with Gasteiger partial charge in [0.05, 0.1) is 13.7 Å². The monoisotopic (exact) mass is 252 g/mol. The van der Waals surface area contributed by atoms with E-state index in [-0.39, 0.29) is 0 Å². The van der Waals surface area contributed by atoms with E-state index in [1.807, 2.05) is 6.07 Å². The minimum absolute atomic E-state index is 0.674. The third-order valence-electron chi connectivity index (χ3n) is 2.73. The second-order valence-corrected chi connectivity index (χ2v) is 4.42. The van der Waals surface area contributed by atoms with Crippen LogP contribution < -0.4 is 15.2 Å². The average Bonchev–Trinajstić information content (AvgIpc) is 2.35. The predicted molar refractivity (Wildman–Crippen MR) is 75.3 cm³/mol. The quantitative estimate of drug-likeness (QED) is 0.570. The summed E-state index contributed by atoms with van der Waals surface area (Å²) in [5.74, 6) is 1.45. The second kappa shape index (κ2) is 7.82. The Hall–Kier alpha value is -1.42. The highest BCUT2D eigenvalue weighted by atomic mass is 16.5. The number of methoxy groups -OCH3 is 1. The average molecular weight is 252 g/mol. The molecule has 1 aromatic rings. The number of hydrogen-bond donors (Lipinski definition) is 1. The molecule has 4 nitrogen and oxygen atoms in total. The minimum atomic E-state index is 0.674. The lowest BCUT2D eigenvalue weighted by molar-refractivity contribution is 0.254. The van der Waals surface area contributed by atoms with Crippen molar-refractivity contribution in [2.24, 2.45) is 0 Å². The van der Waals surface area contributed by atoms with E-state index in [9.17, 15) is 0 Å². The summed E-state index contributed by atoms with van der Waals surface area (Å²) in [5.41, 5.74) is 6.42. The van der Waals surface area contributed by atoms with Crippen molar-refractivity contribution >= 4 is 5.69 Å². The zero-order valence-electron chi connectivity index (χ0n) is 11.6. The molecule has 1 aromatic carbocycles. The van der Waals surface area contributed by atoms with Crippen LogP contribution in [0.4, 0.5) is 5.69 Å². The SMILES string of the molecule is CCCN(C)CCCOc1cc(N)ccc1OC. The number of nitrogen functional groups attached to an aromatic ring is 1. The highest BCUT2D eigenvalue weighted by Gasteiger charge is 2.04. The number of ether oxygens (including phenoxy) is 2. The molecule has 0 saturated heterocycles. The summed E-state index contributed by atoms with van der Waals surface area (Å²) >= 11 is 0. The number of benzene rings is 1. The van der Waals surface area contributed by atoms with Gasteiger partial charge in [0.25, 0.3) is 0 Å². The van der Waals surface area contributed by atoms with Crippen LogP contribution in [0.1, 0.15) is 19.8 Å². The lowest BCUT2D eigenvalue weighted by Crippen LogP contribution is -2.21. The van der Waals surface area contributed by atoms with Crippen molar-refractivity contribution < 1.29 is 9.47 Å². The van der Waals surface area contributed by atoms with Gasteiger partial charge in [-0.15, -0.1) is 0 Å². The van der Waals surface area contributed by atoms with Crippen LogP contribution in [-0.2, 0) is 0 Å². The van der Waals surface area contributed by atoms with Crippen LogP contribution >= 0.6 is 0 Å². The van der Waals surface area contributed by atoms with Gasteiger partial charge in [-0.1, -0.05) is 6.92 Å². The zero-order chi connectivity index (χ0) is 13.4. The normalized spacial score (nSPS) is 10.7. The number of nitrogens with two attached hydrogens (primary N) is 1. The van der Waals surface area contributed by atoms with Gasteiger partial charge in [-0.3, -0.25) is 0 Å². The topological polar surface area (TPSA) is 47.7 Å². The molecule has 0 amide bonds. The van der Waals surface area contributed by atoms with Gasteiger partial charge in [0.2, 0.25) is 0 Å². The van der Waals surface area contributed by atoms with Gasteiger partial charge in [-0.25, -0.2) is 0 Å². The van der Waals surface area contributed by atoms with E-state index in [2.05, 4.69) is 18.9 Å². The maximum absolute atomic E-state index is 5.73. The molecule has 18 heavy (non-hydrogen) atoms. The maximum Gasteiger partial charge on any atom is 0.163 e. The van der Waals surface area contributed by atoms with Crippen molar-refractivity contribution in [3.63, 3.8) is 0 Å². The fourth-order valence-corrected chi connectivity index (χ4v) is 1.82. The molecule has 0 unspecified atom stereocenters. The number of rotatable bonds is 8. The fourth-order valence-electron chi connectivity index (χ4n) is 1.82. The molecule has 102 valence electrons. The molecule has 0 saturated carbocycles. The van der Waals surface area contributed by atoms with E-state index in [1.165, 1.54) is 6.42 Å². The molecule has 0 bridgehead atoms. The van der Waals surface area contributed by atoms with Gasteiger partial charge in [-0.2, -0.15) is 0 Å². The molecular weight excluding hydrogens is 228 g/mol. The van der Waals surface area contributed by atoms with Crippen molar-refractivity contribution in [1.29, 1.82) is 0 Å². The van der Waals surface area contributed by atoms with Gasteiger partial charge in [0.15, 0.2) is 11.5 Å². The first-order valence-electron chi connectivity index (χ1n) is 6.42. The Labute approximate surface area is 110 Å². The number of hydrogen-bond acceptors (Lipinski definition) is 4. The molecule has 2 N–H and O–H groups in total. The number of anilines is 1. The van der Waals surface area contributed by atoms with E-state index in [4.69, 9.17) is 15.2 Å². The molecule has 0 heterocycles. The zero-order valence-corrected chi connectivity index (χ0v) is 11.6. The van der Waals surface area contributed by atoms with Crippen LogP contribution in [0.2, 0.25) is 0 Å². The van der Waals surface area contributed by atoms with Crippen LogP contribution in [0.25, 0.3) is 0 Å². The first kappa shape index (κ1) is 14.6. The van der Waals surface area contributed by atoms with Gasteiger partial charge < -0.3 is 20.1 Å². The molecule has 0 aliphatic heterocycles. The first-order valence-corrected chi connectivity index (χ1v) is 6.42. The van der Waals surface area contributed by atoms with Crippen molar-refractivity contribution in [3.05, 3.63) is 18.2 Å². The first-order chi connectivity index (χ1) is 8.67. The van der Waals surface area contributed by atoms with Gasteiger partial charge in [0.1, 0.15) is 0 Å². The molecular formula is C14H24N2O2. The summed E-state index contributed by atoms with van der Waals surface area (Å²) in [5, 5.41) is 0. The van der Waals surface area contributed by atoms with E-state index in [0.717, 1.165) is 31.0 Å². The minimum Gasteiger partial charge on any atom is -0.493 e. The Morgan fingerprint density at radius 2 is 2.00 bits per heavy atom. The summed E-state index contributed by atoms with van der Waals surface area (Å²) in [6.07, 6.45) is 2.18. The van der Waals surface area contributed by atoms with Crippen molar-refractivity contribution in [2.75, 3.05) is 39.6 Å². The lowest BCUT2D eigenvalue weighted by Gasteiger charge is -2.16. The highest BCUT2D eigenvalue weighted by molar-refractivity contribution is 5.51. The molecule has 0 aromatic heterocycles. The van der Waals surface area contributed by atoms with Gasteiger partial charge >= 0.3 is 0 Å². The molecule has 0 radical (unpaired) electrons. The van der Waals surface area contributed by atoms with Crippen molar-refractivity contribution in [2.45, 2.75) is 19.8 Å². The molecule has 0 aliphatic carbocycles. The van der Waals surface area contributed by atoms with Crippen LogP contribution in [0.3, 0.4) is 0 Å². The molecule has 1 rings (SSSR count). The van der Waals surface area contributed by atoms with E-state index >= 15 is 0 Å². The lowest BCUT2D eigenvalue weighted by atomic mass is 10.3. The third-order valence-corrected chi connectivity index (χ3v) is 2.73. The number of nitrogens with zero attached hydrogens (tertiary/aromatic N) is 1. The van der Waals surface area contributed by atoms with E-state index < -0.39 is 0 Å². The summed E-state index contributed by atoms with van der Waals surface area (Å²) in [6, 6.07) is 5.43. The Balaban J connectivity index is 2.36. The summed E-state index contributed by atoms with van der Waals surface area (Å²) < 4.78 is 10.9. The van der Waals surface area contributed by atoms with Crippen LogP contribution in [0, 0.1) is 0 Å². The second-order valence-electron chi connectivity index (χ2n) is 4.42. The predicted octanol–water partition coefficient (Wildman–Crippen LogP) is 2.39. The molecule has 0 atom stereocenters. The Kier molecular flexibility index (Phi) is 6.36. The molecule has 4 heteroatoms. The maximum atomic E-state index is 5.73. The molecule has 0 fully saturated rings. The third kappa shape index (κ3) is 4.84. The van der Waals surface area contributed by atoms with Crippen LogP contribution in [0.5, 0.6) is 11.5 Å². The van der Waals surface area contributed by atoms with Crippen LogP contribution in [0.15, 0.2) is 18.2 Å². The largest absolute Gasteiger partial charge is 0.493 e. The fraction of sp³-hybridized carbons (Fsp3) is 0.571. The smallest absolute Gasteiger partial charge is 0.163 e. The van der Waals surface area contributed by atoms with E-state index in [1.54, 1.807) is 19.2 Å². The van der Waals surface area contributed by atoms with E-state index in [0.29, 0.717) is 12.3 Å². The Bertz CT molecular complexity index is 356. The summed E-state index contributed by atoms with van der Waals surface area (Å²) in [6.45, 7) is 5.03. The highest BCUT2D eigenvalue weighted by Crippen LogP contribution is 2.28. The molecule has 0 aliphatic rings. The summed E-state index contributed by atoms with van der Waals surface area (Å²) in [4.78, 5) is 2.31. The molecule has 0 spiro atoms. The Morgan fingerprint density at radius 1 is 1.22 bits per heavy atom. The van der Waals surface area contributed by atoms with Gasteiger partial charge in [0, 0.05) is 18.3 Å². The van der Waals surface area contributed by atoms with Gasteiger partial charge in [-0.05, 0) is 38.6 Å². The Morgan fingerprint density at radius 3 is 2.67 bits per heavy atom. The van der Waals surface area contributed by atoms with Crippen LogP contribution in [-0.4, -0.2) is 38.8 Å². The standard InChI is InChI=1S/C14H24N2O2/c1-4-8-16(2)9-5-10-18-14-11-12(15)6-7-13(14)17-3/h6-7,11H,4-5,8-10,15H2,1-3H3. The van der Waals surface area contributed by atoms with Crippen molar-refractivity contribution in [3.8, 4) is 11.5 Å². The summed E-state index contributed by atoms with van der Waals surface area (Å²) in [7, 11) is 3.76. The van der Waals surface area contributed by atoms with Crippen molar-refractivity contribution in [1.82, 2.24) is 4.90 Å².